The molecule has 0 spiro atoms. The van der Waals surface area contributed by atoms with Crippen LogP contribution >= 0.6 is 0 Å². The Balaban J connectivity index is 2.19. The molecule has 2 rings (SSSR count). The summed E-state index contributed by atoms with van der Waals surface area (Å²) in [5.41, 5.74) is 1.15. The highest BCUT2D eigenvalue weighted by atomic mass is 16.5. The number of carbonyl (C=O) groups excluding carboxylic acids is 2. The van der Waals surface area contributed by atoms with Crippen LogP contribution in [-0.2, 0) is 9.53 Å². The minimum absolute atomic E-state index is 0.114. The highest BCUT2D eigenvalue weighted by molar-refractivity contribution is 5.97. The van der Waals surface area contributed by atoms with Crippen molar-refractivity contribution in [2.45, 2.75) is 33.7 Å². The van der Waals surface area contributed by atoms with Crippen molar-refractivity contribution in [1.82, 2.24) is 14.9 Å². The van der Waals surface area contributed by atoms with Crippen LogP contribution in [0.15, 0.2) is 55.1 Å². The first kappa shape index (κ1) is 19.4. The Labute approximate surface area is 153 Å². The zero-order valence-electron chi connectivity index (χ0n) is 15.6. The van der Waals surface area contributed by atoms with Crippen LogP contribution in [-0.4, -0.2) is 34.1 Å². The van der Waals surface area contributed by atoms with Crippen molar-refractivity contribution in [2.75, 3.05) is 6.61 Å². The highest BCUT2D eigenvalue weighted by Gasteiger charge is 2.21. The summed E-state index contributed by atoms with van der Waals surface area (Å²) in [7, 11) is 0. The fraction of sp³-hybridized carbons (Fsp3) is 0.350. The fourth-order valence-electron chi connectivity index (χ4n) is 2.25. The van der Waals surface area contributed by atoms with Gasteiger partial charge in [-0.25, -0.2) is 9.78 Å². The number of imidazole rings is 1. The summed E-state index contributed by atoms with van der Waals surface area (Å²) in [6.07, 6.45) is 8.68. The second-order valence-electron chi connectivity index (χ2n) is 6.95. The van der Waals surface area contributed by atoms with Gasteiger partial charge in [-0.1, -0.05) is 39.0 Å². The molecule has 0 aliphatic rings. The Morgan fingerprint density at radius 2 is 2.12 bits per heavy atom. The molecule has 1 aromatic carbocycles. The molecule has 0 fully saturated rings. The van der Waals surface area contributed by atoms with E-state index in [1.54, 1.807) is 54.5 Å². The summed E-state index contributed by atoms with van der Waals surface area (Å²) in [5, 5.41) is 2.74. The van der Waals surface area contributed by atoms with Crippen molar-refractivity contribution >= 4 is 11.9 Å². The molecule has 26 heavy (non-hydrogen) atoms. The van der Waals surface area contributed by atoms with Crippen molar-refractivity contribution in [1.29, 1.82) is 0 Å². The third kappa shape index (κ3) is 5.58. The van der Waals surface area contributed by atoms with Crippen molar-refractivity contribution < 1.29 is 14.3 Å². The summed E-state index contributed by atoms with van der Waals surface area (Å²) >= 11 is 0. The number of allylic oxidation sites excluding steroid dienone is 1. The van der Waals surface area contributed by atoms with Gasteiger partial charge in [0, 0.05) is 23.6 Å². The van der Waals surface area contributed by atoms with Gasteiger partial charge in [-0.3, -0.25) is 4.79 Å². The third-order valence-electron chi connectivity index (χ3n) is 3.53. The second-order valence-corrected chi connectivity index (χ2v) is 6.95. The zero-order valence-corrected chi connectivity index (χ0v) is 15.6. The predicted molar refractivity (Wildman–Crippen MR) is 100 cm³/mol. The van der Waals surface area contributed by atoms with E-state index in [0.717, 1.165) is 5.69 Å². The summed E-state index contributed by atoms with van der Waals surface area (Å²) in [4.78, 5) is 28.8. The minimum Gasteiger partial charge on any atom is -0.464 e. The van der Waals surface area contributed by atoms with Crippen LogP contribution in [0.1, 0.15) is 38.1 Å². The van der Waals surface area contributed by atoms with Crippen LogP contribution in [0.3, 0.4) is 0 Å². The van der Waals surface area contributed by atoms with E-state index in [9.17, 15) is 9.59 Å². The summed E-state index contributed by atoms with van der Waals surface area (Å²) in [6.45, 7) is 8.04. The molecule has 0 saturated heterocycles. The molecule has 0 radical (unpaired) electrons. The van der Waals surface area contributed by atoms with Gasteiger partial charge in [0.25, 0.3) is 5.91 Å². The number of nitrogens with zero attached hydrogens (tertiary/aromatic N) is 2. The number of carbonyl (C=O) groups is 2. The predicted octanol–water partition coefficient (Wildman–Crippen LogP) is 3.14. The van der Waals surface area contributed by atoms with Crippen molar-refractivity contribution in [2.24, 2.45) is 5.41 Å². The number of rotatable bonds is 6. The molecule has 138 valence electrons. The van der Waals surface area contributed by atoms with Gasteiger partial charge < -0.3 is 14.6 Å². The molecule has 0 aliphatic carbocycles. The Bertz CT molecular complexity index is 774. The third-order valence-corrected chi connectivity index (χ3v) is 3.53. The molecular weight excluding hydrogens is 330 g/mol. The number of nitrogens with one attached hydrogen (secondary N) is 1. The van der Waals surface area contributed by atoms with E-state index in [0.29, 0.717) is 5.56 Å². The SMILES string of the molecule is CCOC(=O)C(C=CC(C)(C)C)NC(=O)c1cccc(-n2ccnc2)c1. The molecule has 2 aromatic rings. The van der Waals surface area contributed by atoms with Gasteiger partial charge in [0.15, 0.2) is 0 Å². The maximum atomic E-state index is 12.6. The maximum Gasteiger partial charge on any atom is 0.332 e. The van der Waals surface area contributed by atoms with Gasteiger partial charge in [-0.15, -0.1) is 0 Å². The number of esters is 1. The maximum absolute atomic E-state index is 12.6. The molecule has 6 heteroatoms. The van der Waals surface area contributed by atoms with E-state index in [1.165, 1.54) is 0 Å². The van der Waals surface area contributed by atoms with Gasteiger partial charge >= 0.3 is 5.97 Å². The Kier molecular flexibility index (Phi) is 6.33. The first-order valence-corrected chi connectivity index (χ1v) is 8.55. The van der Waals surface area contributed by atoms with Crippen molar-refractivity contribution in [3.63, 3.8) is 0 Å². The summed E-state index contributed by atoms with van der Waals surface area (Å²) in [6, 6.07) is 6.27. The number of ether oxygens (including phenoxy) is 1. The normalized spacial score (nSPS) is 12.8. The van der Waals surface area contributed by atoms with Crippen molar-refractivity contribution in [3.05, 3.63) is 60.7 Å². The van der Waals surface area contributed by atoms with Crippen LogP contribution < -0.4 is 5.32 Å². The molecule has 0 aliphatic heterocycles. The van der Waals surface area contributed by atoms with Crippen LogP contribution in [0.2, 0.25) is 0 Å². The van der Waals surface area contributed by atoms with Crippen LogP contribution in [0.25, 0.3) is 5.69 Å². The Morgan fingerprint density at radius 1 is 1.35 bits per heavy atom. The van der Waals surface area contributed by atoms with E-state index in [1.807, 2.05) is 32.9 Å². The molecular formula is C20H25N3O3. The molecule has 0 bridgehead atoms. The average molecular weight is 355 g/mol. The minimum atomic E-state index is -0.835. The molecule has 1 heterocycles. The second kappa shape index (κ2) is 8.47. The molecule has 1 aromatic heterocycles. The lowest BCUT2D eigenvalue weighted by Crippen LogP contribution is -2.40. The van der Waals surface area contributed by atoms with E-state index in [-0.39, 0.29) is 17.9 Å². The molecule has 1 N–H and O–H groups in total. The number of aromatic nitrogens is 2. The zero-order chi connectivity index (χ0) is 19.2. The lowest BCUT2D eigenvalue weighted by Gasteiger charge is -2.17. The van der Waals surface area contributed by atoms with E-state index < -0.39 is 12.0 Å². The monoisotopic (exact) mass is 355 g/mol. The van der Waals surface area contributed by atoms with Gasteiger partial charge in [-0.2, -0.15) is 0 Å². The fourth-order valence-corrected chi connectivity index (χ4v) is 2.25. The van der Waals surface area contributed by atoms with Gasteiger partial charge in [0.05, 0.1) is 12.9 Å². The quantitative estimate of drug-likeness (QED) is 0.638. The topological polar surface area (TPSA) is 73.2 Å². The standard InChI is InChI=1S/C20H25N3O3/c1-5-26-19(25)17(9-10-20(2,3)4)22-18(24)15-7-6-8-16(13-15)23-12-11-21-14-23/h6-14,17H,5H2,1-4H3,(H,22,24). The van der Waals surface area contributed by atoms with E-state index in [4.69, 9.17) is 4.74 Å². The molecule has 0 saturated carbocycles. The van der Waals surface area contributed by atoms with E-state index >= 15 is 0 Å². The average Bonchev–Trinajstić information content (AvgIpc) is 3.12. The summed E-state index contributed by atoms with van der Waals surface area (Å²) < 4.78 is 6.88. The highest BCUT2D eigenvalue weighted by Crippen LogP contribution is 2.15. The smallest absolute Gasteiger partial charge is 0.332 e. The lowest BCUT2D eigenvalue weighted by molar-refractivity contribution is -0.144. The van der Waals surface area contributed by atoms with Crippen LogP contribution in [0.5, 0.6) is 0 Å². The van der Waals surface area contributed by atoms with Gasteiger partial charge in [0.2, 0.25) is 0 Å². The molecule has 1 unspecified atom stereocenters. The van der Waals surface area contributed by atoms with E-state index in [2.05, 4.69) is 10.3 Å². The first-order chi connectivity index (χ1) is 12.3. The summed E-state index contributed by atoms with van der Waals surface area (Å²) in [5.74, 6) is -0.823. The number of hydrogen-bond acceptors (Lipinski definition) is 4. The van der Waals surface area contributed by atoms with Crippen molar-refractivity contribution in [3.8, 4) is 5.69 Å². The number of hydrogen-bond donors (Lipinski definition) is 1. The van der Waals surface area contributed by atoms with Crippen LogP contribution in [0.4, 0.5) is 0 Å². The Morgan fingerprint density at radius 3 is 2.73 bits per heavy atom. The largest absolute Gasteiger partial charge is 0.464 e. The molecule has 6 nitrogen and oxygen atoms in total. The van der Waals surface area contributed by atoms with Gasteiger partial charge in [0.1, 0.15) is 6.04 Å². The number of amides is 1. The molecule has 1 atom stereocenters. The van der Waals surface area contributed by atoms with Gasteiger partial charge in [-0.05, 0) is 30.5 Å². The molecule has 1 amide bonds. The Hall–Kier alpha value is -2.89. The van der Waals surface area contributed by atoms with Crippen LogP contribution in [0, 0.1) is 5.41 Å². The number of benzene rings is 1. The lowest BCUT2D eigenvalue weighted by atomic mass is 9.95. The first-order valence-electron chi connectivity index (χ1n) is 8.55.